The zero-order valence-corrected chi connectivity index (χ0v) is 10.8. The predicted molar refractivity (Wildman–Crippen MR) is 66.3 cm³/mol. The number of carboxylic acids is 1. The van der Waals surface area contributed by atoms with Crippen molar-refractivity contribution in [3.63, 3.8) is 0 Å². The fraction of sp³-hybridized carbons (Fsp3) is 0.0909. The van der Waals surface area contributed by atoms with Crippen molar-refractivity contribution >= 4 is 28.3 Å². The number of nitrogens with one attached hydrogen (secondary N) is 1. The van der Waals surface area contributed by atoms with E-state index in [9.17, 15) is 22.8 Å². The molecule has 0 saturated heterocycles. The molecule has 0 aromatic carbocycles. The fourth-order valence-corrected chi connectivity index (χ4v) is 2.20. The molecule has 21 heavy (non-hydrogen) atoms. The maximum absolute atomic E-state index is 12.6. The van der Waals surface area contributed by atoms with Crippen LogP contribution in [0.15, 0.2) is 24.5 Å². The van der Waals surface area contributed by atoms with E-state index in [0.717, 1.165) is 0 Å². The Labute approximate surface area is 119 Å². The summed E-state index contributed by atoms with van der Waals surface area (Å²) in [6.07, 6.45) is -2.25. The summed E-state index contributed by atoms with van der Waals surface area (Å²) in [5.41, 5.74) is -1.38. The molecule has 2 aromatic heterocycles. The molecule has 0 aliphatic rings. The smallest absolute Gasteiger partial charge is 0.435 e. The summed E-state index contributed by atoms with van der Waals surface area (Å²) >= 11 is 0.239. The standard InChI is InChI=1S/C11H6F3N3O3S/c12-11(13,14)7-6(9(19)20)21-10(16-7)17-8(18)5-1-3-15-4-2-5/h1-4H,(H,19,20)(H,16,17,18). The van der Waals surface area contributed by atoms with E-state index in [4.69, 9.17) is 5.11 Å². The molecule has 2 N–H and O–H groups in total. The summed E-state index contributed by atoms with van der Waals surface area (Å²) in [7, 11) is 0. The van der Waals surface area contributed by atoms with Gasteiger partial charge in [-0.2, -0.15) is 13.2 Å². The van der Waals surface area contributed by atoms with Crippen molar-refractivity contribution in [3.8, 4) is 0 Å². The molecule has 2 heterocycles. The van der Waals surface area contributed by atoms with Gasteiger partial charge in [0.1, 0.15) is 4.88 Å². The van der Waals surface area contributed by atoms with Crippen molar-refractivity contribution < 1.29 is 27.9 Å². The van der Waals surface area contributed by atoms with Gasteiger partial charge in [0.15, 0.2) is 10.8 Å². The summed E-state index contributed by atoms with van der Waals surface area (Å²) in [5.74, 6) is -2.47. The Kier molecular flexibility index (Phi) is 3.89. The zero-order valence-electron chi connectivity index (χ0n) is 10.0. The van der Waals surface area contributed by atoms with E-state index in [1.54, 1.807) is 0 Å². The van der Waals surface area contributed by atoms with Gasteiger partial charge in [-0.3, -0.25) is 15.1 Å². The summed E-state index contributed by atoms with van der Waals surface area (Å²) in [4.78, 5) is 28.4. The van der Waals surface area contributed by atoms with Crippen molar-refractivity contribution in [1.82, 2.24) is 9.97 Å². The van der Waals surface area contributed by atoms with Crippen molar-refractivity contribution in [2.45, 2.75) is 6.18 Å². The third-order valence-electron chi connectivity index (χ3n) is 2.25. The molecule has 10 heteroatoms. The first kappa shape index (κ1) is 14.9. The van der Waals surface area contributed by atoms with Crippen LogP contribution in [0.5, 0.6) is 0 Å². The summed E-state index contributed by atoms with van der Waals surface area (Å²) in [5, 5.41) is 10.4. The Hall–Kier alpha value is -2.49. The number of hydrogen-bond acceptors (Lipinski definition) is 5. The monoisotopic (exact) mass is 317 g/mol. The normalized spacial score (nSPS) is 11.2. The van der Waals surface area contributed by atoms with Gasteiger partial charge in [0.2, 0.25) is 0 Å². The maximum Gasteiger partial charge on any atom is 0.435 e. The minimum absolute atomic E-state index is 0.158. The van der Waals surface area contributed by atoms with Crippen LogP contribution < -0.4 is 5.32 Å². The van der Waals surface area contributed by atoms with Crippen molar-refractivity contribution in [2.75, 3.05) is 5.32 Å². The molecule has 0 aliphatic heterocycles. The van der Waals surface area contributed by atoms with Gasteiger partial charge in [-0.1, -0.05) is 11.3 Å². The number of aromatic nitrogens is 2. The molecule has 0 aliphatic carbocycles. The average Bonchev–Trinajstić information content (AvgIpc) is 2.84. The Morgan fingerprint density at radius 1 is 1.24 bits per heavy atom. The third kappa shape index (κ3) is 3.34. The molecule has 0 saturated carbocycles. The van der Waals surface area contributed by atoms with Crippen molar-refractivity contribution in [1.29, 1.82) is 0 Å². The van der Waals surface area contributed by atoms with E-state index in [0.29, 0.717) is 0 Å². The van der Waals surface area contributed by atoms with Crippen LogP contribution in [-0.2, 0) is 6.18 Å². The second kappa shape index (κ2) is 5.48. The number of halogens is 3. The lowest BCUT2D eigenvalue weighted by Gasteiger charge is -2.02. The molecule has 2 rings (SSSR count). The molecule has 110 valence electrons. The molecular weight excluding hydrogens is 311 g/mol. The number of thiazole rings is 1. The minimum atomic E-state index is -4.91. The Morgan fingerprint density at radius 2 is 1.86 bits per heavy atom. The van der Waals surface area contributed by atoms with E-state index in [-0.39, 0.29) is 16.9 Å². The molecule has 0 atom stereocenters. The van der Waals surface area contributed by atoms with Crippen LogP contribution >= 0.6 is 11.3 Å². The number of pyridine rings is 1. The van der Waals surface area contributed by atoms with Crippen LogP contribution in [0.4, 0.5) is 18.3 Å². The molecule has 0 radical (unpaired) electrons. The van der Waals surface area contributed by atoms with Gasteiger partial charge in [-0.15, -0.1) is 0 Å². The highest BCUT2D eigenvalue weighted by Crippen LogP contribution is 2.36. The van der Waals surface area contributed by atoms with Crippen LogP contribution in [0.1, 0.15) is 25.7 Å². The fourth-order valence-electron chi connectivity index (χ4n) is 1.38. The van der Waals surface area contributed by atoms with Crippen LogP contribution in [0.2, 0.25) is 0 Å². The van der Waals surface area contributed by atoms with Crippen LogP contribution in [0.3, 0.4) is 0 Å². The number of carboxylic acid groups (broad SMARTS) is 1. The van der Waals surface area contributed by atoms with E-state index in [1.807, 2.05) is 0 Å². The molecular formula is C11H6F3N3O3S. The Balaban J connectivity index is 2.30. The molecule has 0 fully saturated rings. The lowest BCUT2D eigenvalue weighted by molar-refractivity contribution is -0.141. The SMILES string of the molecule is O=C(Nc1nc(C(F)(F)F)c(C(=O)O)s1)c1ccncc1. The number of rotatable bonds is 3. The second-order valence-electron chi connectivity index (χ2n) is 3.69. The van der Waals surface area contributed by atoms with Crippen LogP contribution in [0, 0.1) is 0 Å². The van der Waals surface area contributed by atoms with E-state index >= 15 is 0 Å². The Bertz CT molecular complexity index is 685. The number of amides is 1. The maximum atomic E-state index is 12.6. The molecule has 0 unspecified atom stereocenters. The van der Waals surface area contributed by atoms with Crippen LogP contribution in [-0.4, -0.2) is 27.0 Å². The van der Waals surface area contributed by atoms with Gasteiger partial charge in [0.25, 0.3) is 5.91 Å². The number of carbonyl (C=O) groups excluding carboxylic acids is 1. The van der Waals surface area contributed by atoms with Crippen molar-refractivity contribution in [2.24, 2.45) is 0 Å². The highest BCUT2D eigenvalue weighted by molar-refractivity contribution is 7.17. The van der Waals surface area contributed by atoms with Gasteiger partial charge >= 0.3 is 12.1 Å². The number of nitrogens with zero attached hydrogens (tertiary/aromatic N) is 2. The number of carbonyl (C=O) groups is 2. The first-order valence-electron chi connectivity index (χ1n) is 5.31. The summed E-state index contributed by atoms with van der Waals surface area (Å²) in [6, 6.07) is 2.71. The summed E-state index contributed by atoms with van der Waals surface area (Å²) in [6.45, 7) is 0. The topological polar surface area (TPSA) is 92.2 Å². The molecule has 0 spiro atoms. The first-order valence-corrected chi connectivity index (χ1v) is 6.13. The predicted octanol–water partition coefficient (Wildman–Crippen LogP) is 2.51. The van der Waals surface area contributed by atoms with Gasteiger partial charge in [0, 0.05) is 18.0 Å². The third-order valence-corrected chi connectivity index (χ3v) is 3.21. The Morgan fingerprint density at radius 3 is 2.33 bits per heavy atom. The van der Waals surface area contributed by atoms with Gasteiger partial charge < -0.3 is 5.11 Å². The van der Waals surface area contributed by atoms with Gasteiger partial charge in [-0.05, 0) is 12.1 Å². The molecule has 1 amide bonds. The largest absolute Gasteiger partial charge is 0.477 e. The molecule has 6 nitrogen and oxygen atoms in total. The van der Waals surface area contributed by atoms with Gasteiger partial charge in [0.05, 0.1) is 0 Å². The zero-order chi connectivity index (χ0) is 15.6. The lowest BCUT2D eigenvalue weighted by atomic mass is 10.2. The quantitative estimate of drug-likeness (QED) is 0.907. The van der Waals surface area contributed by atoms with Crippen LogP contribution in [0.25, 0.3) is 0 Å². The highest BCUT2D eigenvalue weighted by atomic mass is 32.1. The lowest BCUT2D eigenvalue weighted by Crippen LogP contribution is -2.13. The van der Waals surface area contributed by atoms with E-state index in [2.05, 4.69) is 15.3 Å². The number of alkyl halides is 3. The van der Waals surface area contributed by atoms with E-state index < -0.39 is 33.8 Å². The average molecular weight is 317 g/mol. The second-order valence-corrected chi connectivity index (χ2v) is 4.69. The first-order chi connectivity index (χ1) is 9.79. The molecule has 2 aromatic rings. The van der Waals surface area contributed by atoms with Crippen molar-refractivity contribution in [3.05, 3.63) is 40.7 Å². The highest BCUT2D eigenvalue weighted by Gasteiger charge is 2.40. The van der Waals surface area contributed by atoms with Gasteiger partial charge in [-0.25, -0.2) is 9.78 Å². The molecule has 0 bridgehead atoms. The van der Waals surface area contributed by atoms with E-state index in [1.165, 1.54) is 24.5 Å². The number of aromatic carboxylic acids is 1. The minimum Gasteiger partial charge on any atom is -0.477 e. The summed E-state index contributed by atoms with van der Waals surface area (Å²) < 4.78 is 37.9. The number of anilines is 1. The number of hydrogen-bond donors (Lipinski definition) is 2.